The molecule has 2 rings (SSSR count). The number of ether oxygens (including phenoxy) is 1. The number of alkyl halides is 2. The van der Waals surface area contributed by atoms with Gasteiger partial charge in [-0.3, -0.25) is 4.90 Å². The molecule has 0 spiro atoms. The van der Waals surface area contributed by atoms with Crippen molar-refractivity contribution in [3.8, 4) is 5.75 Å². The normalized spacial score (nSPS) is 17.6. The van der Waals surface area contributed by atoms with Crippen LogP contribution in [0.3, 0.4) is 0 Å². The first-order valence-corrected chi connectivity index (χ1v) is 7.24. The van der Waals surface area contributed by atoms with Crippen LogP contribution in [0, 0.1) is 0 Å². The number of rotatable bonds is 6. The zero-order valence-electron chi connectivity index (χ0n) is 12.6. The highest BCUT2D eigenvalue weighted by Crippen LogP contribution is 2.37. The Labute approximate surface area is 135 Å². The zero-order chi connectivity index (χ0) is 15.3. The number of hydrogen-bond acceptors (Lipinski definition) is 4. The van der Waals surface area contributed by atoms with Crippen molar-refractivity contribution in [1.82, 2.24) is 10.2 Å². The molecule has 0 bridgehead atoms. The van der Waals surface area contributed by atoms with E-state index in [1.807, 2.05) is 6.92 Å². The number of aliphatic hydroxyl groups is 1. The third-order valence-electron chi connectivity index (χ3n) is 3.61. The van der Waals surface area contributed by atoms with E-state index in [-0.39, 0.29) is 12.4 Å². The first-order chi connectivity index (χ1) is 10.1. The summed E-state index contributed by atoms with van der Waals surface area (Å²) in [6, 6.07) is 5.63. The fourth-order valence-corrected chi connectivity index (χ4v) is 2.69. The van der Waals surface area contributed by atoms with Crippen molar-refractivity contribution >= 4 is 12.4 Å². The quantitative estimate of drug-likeness (QED) is 0.835. The van der Waals surface area contributed by atoms with Crippen LogP contribution in [-0.2, 0) is 0 Å². The van der Waals surface area contributed by atoms with Crippen LogP contribution in [0.25, 0.3) is 0 Å². The smallest absolute Gasteiger partial charge is 0.289 e. The Kier molecular flexibility index (Phi) is 7.48. The van der Waals surface area contributed by atoms with Crippen LogP contribution < -0.4 is 10.1 Å². The number of halogens is 3. The van der Waals surface area contributed by atoms with Gasteiger partial charge in [-0.05, 0) is 24.6 Å². The highest BCUT2D eigenvalue weighted by molar-refractivity contribution is 5.85. The van der Waals surface area contributed by atoms with Crippen molar-refractivity contribution < 1.29 is 18.6 Å². The molecule has 0 aliphatic carbocycles. The van der Waals surface area contributed by atoms with Crippen molar-refractivity contribution in [1.29, 1.82) is 0 Å². The maximum atomic E-state index is 14.3. The minimum absolute atomic E-state index is 0. The standard InChI is InChI=1S/C15H22F2N2O2.ClH/c1-2-21-13-5-3-4-12(10-13)14(15(16,17)11-20)19-8-6-18-7-9-19;/h3-5,10,14,18,20H,2,6-9,11H2,1H3;1H/t14-;/m1./s1. The van der Waals surface area contributed by atoms with Crippen molar-refractivity contribution in [2.45, 2.75) is 18.9 Å². The molecule has 0 amide bonds. The van der Waals surface area contributed by atoms with Crippen molar-refractivity contribution in [3.05, 3.63) is 29.8 Å². The van der Waals surface area contributed by atoms with Gasteiger partial charge in [0.1, 0.15) is 18.4 Å². The lowest BCUT2D eigenvalue weighted by Crippen LogP contribution is -2.51. The van der Waals surface area contributed by atoms with E-state index in [2.05, 4.69) is 5.32 Å². The van der Waals surface area contributed by atoms with Crippen LogP contribution in [0.5, 0.6) is 5.75 Å². The lowest BCUT2D eigenvalue weighted by Gasteiger charge is -2.38. The molecule has 2 N–H and O–H groups in total. The molecule has 126 valence electrons. The molecule has 1 fully saturated rings. The van der Waals surface area contributed by atoms with Crippen molar-refractivity contribution in [2.24, 2.45) is 0 Å². The van der Waals surface area contributed by atoms with Gasteiger partial charge in [-0.15, -0.1) is 12.4 Å². The number of nitrogens with zero attached hydrogens (tertiary/aromatic N) is 1. The highest BCUT2D eigenvalue weighted by Gasteiger charge is 2.44. The topological polar surface area (TPSA) is 44.7 Å². The van der Waals surface area contributed by atoms with Gasteiger partial charge in [0.25, 0.3) is 5.92 Å². The molecule has 1 aliphatic heterocycles. The van der Waals surface area contributed by atoms with Crippen LogP contribution >= 0.6 is 12.4 Å². The molecule has 1 heterocycles. The molecule has 1 atom stereocenters. The van der Waals surface area contributed by atoms with Crippen LogP contribution in [0.2, 0.25) is 0 Å². The molecule has 7 heteroatoms. The number of aliphatic hydroxyl groups excluding tert-OH is 1. The van der Waals surface area contributed by atoms with Crippen LogP contribution in [0.1, 0.15) is 18.5 Å². The maximum absolute atomic E-state index is 14.3. The van der Waals surface area contributed by atoms with E-state index in [1.165, 1.54) is 0 Å². The van der Waals surface area contributed by atoms with Crippen LogP contribution in [0.15, 0.2) is 24.3 Å². The van der Waals surface area contributed by atoms with Gasteiger partial charge in [-0.25, -0.2) is 8.78 Å². The van der Waals surface area contributed by atoms with E-state index in [0.29, 0.717) is 44.1 Å². The Morgan fingerprint density at radius 3 is 2.64 bits per heavy atom. The zero-order valence-corrected chi connectivity index (χ0v) is 13.4. The number of piperazine rings is 1. The molecule has 0 radical (unpaired) electrons. The Morgan fingerprint density at radius 1 is 1.36 bits per heavy atom. The van der Waals surface area contributed by atoms with Gasteiger partial charge in [-0.2, -0.15) is 0 Å². The highest BCUT2D eigenvalue weighted by atomic mass is 35.5. The second-order valence-corrected chi connectivity index (χ2v) is 5.11. The Balaban J connectivity index is 0.00000242. The summed E-state index contributed by atoms with van der Waals surface area (Å²) in [6.45, 7) is 3.56. The molecule has 0 saturated carbocycles. The molecule has 0 unspecified atom stereocenters. The summed E-state index contributed by atoms with van der Waals surface area (Å²) in [5, 5.41) is 12.3. The summed E-state index contributed by atoms with van der Waals surface area (Å²) >= 11 is 0. The van der Waals surface area contributed by atoms with Gasteiger partial charge >= 0.3 is 0 Å². The molecule has 4 nitrogen and oxygen atoms in total. The molecule has 22 heavy (non-hydrogen) atoms. The third kappa shape index (κ3) is 4.52. The average molecular weight is 337 g/mol. The van der Waals surface area contributed by atoms with Crippen molar-refractivity contribution in [2.75, 3.05) is 39.4 Å². The fourth-order valence-electron chi connectivity index (χ4n) is 2.69. The largest absolute Gasteiger partial charge is 0.494 e. The molecule has 1 aromatic rings. The van der Waals surface area contributed by atoms with E-state index in [0.717, 1.165) is 0 Å². The van der Waals surface area contributed by atoms with E-state index in [4.69, 9.17) is 9.84 Å². The molecular weight excluding hydrogens is 314 g/mol. The summed E-state index contributed by atoms with van der Waals surface area (Å²) in [6.07, 6.45) is 0. The predicted octanol–water partition coefficient (Wildman–Crippen LogP) is 2.08. The number of nitrogens with one attached hydrogen (secondary N) is 1. The van der Waals surface area contributed by atoms with Gasteiger partial charge in [-0.1, -0.05) is 12.1 Å². The maximum Gasteiger partial charge on any atom is 0.289 e. The van der Waals surface area contributed by atoms with E-state index >= 15 is 0 Å². The summed E-state index contributed by atoms with van der Waals surface area (Å²) in [7, 11) is 0. The molecule has 1 aliphatic rings. The first kappa shape index (κ1) is 19.1. The van der Waals surface area contributed by atoms with Crippen molar-refractivity contribution in [3.63, 3.8) is 0 Å². The monoisotopic (exact) mass is 336 g/mol. The SMILES string of the molecule is CCOc1cccc([C@@H](N2CCNCC2)C(F)(F)CO)c1.Cl. The van der Waals surface area contributed by atoms with E-state index in [9.17, 15) is 8.78 Å². The van der Waals surface area contributed by atoms with Crippen LogP contribution in [0.4, 0.5) is 8.78 Å². The summed E-state index contributed by atoms with van der Waals surface area (Å²) in [4.78, 5) is 1.72. The second kappa shape index (κ2) is 8.62. The number of hydrogen-bond donors (Lipinski definition) is 2. The number of benzene rings is 1. The summed E-state index contributed by atoms with van der Waals surface area (Å²) in [5.74, 6) is -2.62. The fraction of sp³-hybridized carbons (Fsp3) is 0.600. The van der Waals surface area contributed by atoms with Gasteiger partial charge < -0.3 is 15.2 Å². The summed E-state index contributed by atoms with van der Waals surface area (Å²) < 4.78 is 33.9. The predicted molar refractivity (Wildman–Crippen MR) is 84.1 cm³/mol. The summed E-state index contributed by atoms with van der Waals surface area (Å²) in [5.41, 5.74) is 0.474. The van der Waals surface area contributed by atoms with Gasteiger partial charge in [0, 0.05) is 26.2 Å². The van der Waals surface area contributed by atoms with Gasteiger partial charge in [0.15, 0.2) is 0 Å². The molecule has 0 aromatic heterocycles. The lowest BCUT2D eigenvalue weighted by atomic mass is 9.98. The first-order valence-electron chi connectivity index (χ1n) is 7.24. The van der Waals surface area contributed by atoms with E-state index in [1.54, 1.807) is 29.2 Å². The third-order valence-corrected chi connectivity index (χ3v) is 3.61. The van der Waals surface area contributed by atoms with Crippen LogP contribution in [-0.4, -0.2) is 55.3 Å². The Morgan fingerprint density at radius 2 is 2.05 bits per heavy atom. The second-order valence-electron chi connectivity index (χ2n) is 5.11. The average Bonchev–Trinajstić information content (AvgIpc) is 2.49. The van der Waals surface area contributed by atoms with Gasteiger partial charge in [0.2, 0.25) is 0 Å². The lowest BCUT2D eigenvalue weighted by molar-refractivity contribution is -0.118. The Hall–Kier alpha value is -0.950. The molecule has 1 aromatic carbocycles. The van der Waals surface area contributed by atoms with Gasteiger partial charge in [0.05, 0.1) is 6.61 Å². The Bertz CT molecular complexity index is 457. The minimum Gasteiger partial charge on any atom is -0.494 e. The van der Waals surface area contributed by atoms with E-state index < -0.39 is 18.6 Å². The minimum atomic E-state index is -3.19. The molecule has 1 saturated heterocycles. The molecular formula is C15H23ClF2N2O2.